The van der Waals surface area contributed by atoms with Crippen molar-refractivity contribution in [3.05, 3.63) is 24.0 Å². The van der Waals surface area contributed by atoms with Gasteiger partial charge in [0.1, 0.15) is 5.82 Å². The normalized spacial score (nSPS) is 14.5. The first-order valence-electron chi connectivity index (χ1n) is 7.13. The van der Waals surface area contributed by atoms with Crippen molar-refractivity contribution < 1.29 is 9.13 Å². The third kappa shape index (κ3) is 3.55. The summed E-state index contributed by atoms with van der Waals surface area (Å²) in [7, 11) is 0. The maximum atomic E-state index is 13.9. The summed E-state index contributed by atoms with van der Waals surface area (Å²) in [5, 5.41) is 11.4. The van der Waals surface area contributed by atoms with Crippen LogP contribution in [0.4, 0.5) is 10.1 Å². The van der Waals surface area contributed by atoms with E-state index in [1.165, 1.54) is 18.9 Å². The quantitative estimate of drug-likeness (QED) is 0.622. The van der Waals surface area contributed by atoms with Gasteiger partial charge in [-0.05, 0) is 53.8 Å². The Morgan fingerprint density at radius 1 is 1.38 bits per heavy atom. The largest absolute Gasteiger partial charge is 0.399 e. The van der Waals surface area contributed by atoms with E-state index >= 15 is 0 Å². The number of nitrogens with zero attached hydrogens (tertiary/aromatic N) is 4. The number of tetrazole rings is 1. The standard InChI is InChI=1S/C14H18FN5O/c15-13-8-11(16)4-5-12(13)14-17-18-19-20(14)6-1-7-21-9-10-2-3-10/h4-5,8,10H,1-3,6-7,9,16H2. The SMILES string of the molecule is Nc1ccc(-c2nnnn2CCCOCC2CC2)c(F)c1. The molecule has 0 radical (unpaired) electrons. The minimum absolute atomic E-state index is 0.355. The fourth-order valence-corrected chi connectivity index (χ4v) is 2.11. The van der Waals surface area contributed by atoms with Crippen molar-refractivity contribution in [3.8, 4) is 11.4 Å². The van der Waals surface area contributed by atoms with Crippen molar-refractivity contribution in [1.29, 1.82) is 0 Å². The van der Waals surface area contributed by atoms with Gasteiger partial charge in [-0.3, -0.25) is 0 Å². The molecule has 1 heterocycles. The van der Waals surface area contributed by atoms with Crippen LogP contribution < -0.4 is 5.73 Å². The number of rotatable bonds is 7. The molecule has 1 aliphatic rings. The molecule has 1 fully saturated rings. The molecule has 0 atom stereocenters. The number of nitrogens with two attached hydrogens (primary N) is 1. The van der Waals surface area contributed by atoms with Gasteiger partial charge in [0, 0.05) is 25.4 Å². The second-order valence-corrected chi connectivity index (χ2v) is 5.34. The highest BCUT2D eigenvalue weighted by Gasteiger charge is 2.21. The van der Waals surface area contributed by atoms with E-state index < -0.39 is 5.82 Å². The maximum absolute atomic E-state index is 13.9. The highest BCUT2D eigenvalue weighted by molar-refractivity contribution is 5.59. The highest BCUT2D eigenvalue weighted by atomic mass is 19.1. The van der Waals surface area contributed by atoms with Crippen molar-refractivity contribution in [1.82, 2.24) is 20.2 Å². The van der Waals surface area contributed by atoms with Gasteiger partial charge in [-0.25, -0.2) is 9.07 Å². The van der Waals surface area contributed by atoms with E-state index in [1.807, 2.05) is 0 Å². The first kappa shape index (κ1) is 13.9. The molecule has 6 nitrogen and oxygen atoms in total. The molecule has 0 bridgehead atoms. The fraction of sp³-hybridized carbons (Fsp3) is 0.500. The van der Waals surface area contributed by atoms with Crippen LogP contribution in [0.25, 0.3) is 11.4 Å². The van der Waals surface area contributed by atoms with Crippen LogP contribution in [0.1, 0.15) is 19.3 Å². The van der Waals surface area contributed by atoms with Crippen LogP contribution in [-0.4, -0.2) is 33.4 Å². The predicted molar refractivity (Wildman–Crippen MR) is 75.8 cm³/mol. The van der Waals surface area contributed by atoms with E-state index in [0.29, 0.717) is 30.2 Å². The third-order valence-electron chi connectivity index (χ3n) is 3.48. The van der Waals surface area contributed by atoms with Crippen molar-refractivity contribution in [3.63, 3.8) is 0 Å². The molecule has 1 aromatic carbocycles. The molecule has 0 unspecified atom stereocenters. The molecule has 1 saturated carbocycles. The van der Waals surface area contributed by atoms with Gasteiger partial charge in [0.2, 0.25) is 0 Å². The molecule has 2 N–H and O–H groups in total. The number of nitrogen functional groups attached to an aromatic ring is 1. The van der Waals surface area contributed by atoms with Crippen LogP contribution in [-0.2, 0) is 11.3 Å². The van der Waals surface area contributed by atoms with Crippen molar-refractivity contribution in [2.75, 3.05) is 18.9 Å². The summed E-state index contributed by atoms with van der Waals surface area (Å²) in [5.74, 6) is 0.753. The van der Waals surface area contributed by atoms with Gasteiger partial charge in [0.25, 0.3) is 0 Å². The Balaban J connectivity index is 1.60. The molecule has 0 spiro atoms. The van der Waals surface area contributed by atoms with Crippen LogP contribution in [0, 0.1) is 11.7 Å². The van der Waals surface area contributed by atoms with E-state index in [2.05, 4.69) is 15.5 Å². The van der Waals surface area contributed by atoms with Crippen LogP contribution in [0.5, 0.6) is 0 Å². The minimum atomic E-state index is -0.420. The predicted octanol–water partition coefficient (Wildman–Crippen LogP) is 1.88. The van der Waals surface area contributed by atoms with E-state index in [1.54, 1.807) is 16.8 Å². The molecule has 7 heteroatoms. The second-order valence-electron chi connectivity index (χ2n) is 5.34. The Bertz CT molecular complexity index is 611. The Kier molecular flexibility index (Phi) is 4.10. The average molecular weight is 291 g/mol. The van der Waals surface area contributed by atoms with Crippen LogP contribution >= 0.6 is 0 Å². The van der Waals surface area contributed by atoms with E-state index in [4.69, 9.17) is 10.5 Å². The van der Waals surface area contributed by atoms with E-state index in [0.717, 1.165) is 18.9 Å². The smallest absolute Gasteiger partial charge is 0.184 e. The molecule has 112 valence electrons. The summed E-state index contributed by atoms with van der Waals surface area (Å²) in [5.41, 5.74) is 6.28. The topological polar surface area (TPSA) is 78.9 Å². The summed E-state index contributed by atoms with van der Waals surface area (Å²) in [6, 6.07) is 4.50. The first-order valence-corrected chi connectivity index (χ1v) is 7.13. The number of hydrogen-bond donors (Lipinski definition) is 1. The molecular weight excluding hydrogens is 273 g/mol. The minimum Gasteiger partial charge on any atom is -0.399 e. The molecular formula is C14H18FN5O. The van der Waals surface area contributed by atoms with Gasteiger partial charge in [-0.15, -0.1) is 5.10 Å². The zero-order valence-electron chi connectivity index (χ0n) is 11.7. The number of benzene rings is 1. The van der Waals surface area contributed by atoms with Crippen molar-refractivity contribution >= 4 is 5.69 Å². The Morgan fingerprint density at radius 3 is 3.00 bits per heavy atom. The van der Waals surface area contributed by atoms with Crippen LogP contribution in [0.3, 0.4) is 0 Å². The monoisotopic (exact) mass is 291 g/mol. The molecule has 1 aliphatic carbocycles. The second kappa shape index (κ2) is 6.17. The number of ether oxygens (including phenoxy) is 1. The number of aryl methyl sites for hydroxylation is 1. The van der Waals surface area contributed by atoms with Gasteiger partial charge < -0.3 is 10.5 Å². The Labute approximate surface area is 122 Å². The van der Waals surface area contributed by atoms with E-state index in [9.17, 15) is 4.39 Å². The fourth-order valence-electron chi connectivity index (χ4n) is 2.11. The zero-order valence-corrected chi connectivity index (χ0v) is 11.7. The third-order valence-corrected chi connectivity index (χ3v) is 3.48. The first-order chi connectivity index (χ1) is 10.2. The number of hydrogen-bond acceptors (Lipinski definition) is 5. The lowest BCUT2D eigenvalue weighted by molar-refractivity contribution is 0.118. The molecule has 3 rings (SSSR count). The van der Waals surface area contributed by atoms with Gasteiger partial charge in [-0.1, -0.05) is 0 Å². The van der Waals surface area contributed by atoms with Gasteiger partial charge in [0.05, 0.1) is 5.56 Å². The van der Waals surface area contributed by atoms with Gasteiger partial charge in [0.15, 0.2) is 5.82 Å². The molecule has 21 heavy (non-hydrogen) atoms. The summed E-state index contributed by atoms with van der Waals surface area (Å²) in [4.78, 5) is 0. The average Bonchev–Trinajstić information content (AvgIpc) is 3.17. The molecule has 1 aromatic heterocycles. The van der Waals surface area contributed by atoms with Crippen LogP contribution in [0.15, 0.2) is 18.2 Å². The Hall–Kier alpha value is -2.02. The highest BCUT2D eigenvalue weighted by Crippen LogP contribution is 2.28. The van der Waals surface area contributed by atoms with Gasteiger partial charge in [-0.2, -0.15) is 0 Å². The molecule has 0 amide bonds. The maximum Gasteiger partial charge on any atom is 0.184 e. The Morgan fingerprint density at radius 2 is 2.24 bits per heavy atom. The number of aromatic nitrogens is 4. The van der Waals surface area contributed by atoms with Crippen molar-refractivity contribution in [2.45, 2.75) is 25.8 Å². The lowest BCUT2D eigenvalue weighted by Crippen LogP contribution is -2.08. The molecule has 0 saturated heterocycles. The number of halogens is 1. The lowest BCUT2D eigenvalue weighted by Gasteiger charge is -2.06. The molecule has 0 aliphatic heterocycles. The molecule has 2 aromatic rings. The van der Waals surface area contributed by atoms with E-state index in [-0.39, 0.29) is 0 Å². The summed E-state index contributed by atoms with van der Waals surface area (Å²) >= 11 is 0. The van der Waals surface area contributed by atoms with Crippen molar-refractivity contribution in [2.24, 2.45) is 5.92 Å². The summed E-state index contributed by atoms with van der Waals surface area (Å²) in [6.45, 7) is 2.10. The lowest BCUT2D eigenvalue weighted by atomic mass is 10.2. The van der Waals surface area contributed by atoms with Gasteiger partial charge >= 0.3 is 0 Å². The zero-order chi connectivity index (χ0) is 14.7. The van der Waals surface area contributed by atoms with Crippen LogP contribution in [0.2, 0.25) is 0 Å². The summed E-state index contributed by atoms with van der Waals surface area (Å²) in [6.07, 6.45) is 3.36. The summed E-state index contributed by atoms with van der Waals surface area (Å²) < 4.78 is 21.1. The number of anilines is 1.